The van der Waals surface area contributed by atoms with Crippen molar-refractivity contribution in [2.45, 2.75) is 25.3 Å². The number of carbonyl (C=O) groups is 3. The number of aryl methyl sites for hydroxylation is 2. The number of aromatic nitrogens is 1. The monoisotopic (exact) mass is 387 g/mol. The van der Waals surface area contributed by atoms with Gasteiger partial charge in [0.25, 0.3) is 0 Å². The number of hydrogen-bond donors (Lipinski definition) is 2. The van der Waals surface area contributed by atoms with Crippen LogP contribution < -0.4 is 5.73 Å². The Morgan fingerprint density at radius 1 is 1.50 bits per heavy atom. The summed E-state index contributed by atoms with van der Waals surface area (Å²) in [5.41, 5.74) is 5.40. The van der Waals surface area contributed by atoms with Crippen LogP contribution in [-0.4, -0.2) is 61.4 Å². The first kappa shape index (κ1) is 17.7. The normalized spacial score (nSPS) is 29.1. The van der Waals surface area contributed by atoms with Gasteiger partial charge in [0.05, 0.1) is 5.69 Å². The molecular weight excluding hydrogens is 370 g/mol. The second-order valence-electron chi connectivity index (χ2n) is 6.02. The zero-order valence-corrected chi connectivity index (χ0v) is 15.6. The molecule has 0 bridgehead atoms. The van der Waals surface area contributed by atoms with Gasteiger partial charge in [0, 0.05) is 22.9 Å². The van der Waals surface area contributed by atoms with Crippen LogP contribution in [0.5, 0.6) is 0 Å². The number of carboxylic acids is 1. The highest BCUT2D eigenvalue weighted by Crippen LogP contribution is 2.43. The summed E-state index contributed by atoms with van der Waals surface area (Å²) in [6.45, 7) is 3.83. The zero-order valence-electron chi connectivity index (χ0n) is 13.1. The van der Waals surface area contributed by atoms with Gasteiger partial charge < -0.3 is 15.7 Å². The number of thioether (sulfide) groups is 2. The predicted molar refractivity (Wildman–Crippen MR) is 94.4 cm³/mol. The van der Waals surface area contributed by atoms with Crippen molar-refractivity contribution in [2.24, 2.45) is 11.1 Å². The number of thiazole rings is 1. The molecule has 3 rings (SSSR count). The van der Waals surface area contributed by atoms with E-state index in [-0.39, 0.29) is 28.7 Å². The number of aliphatic carboxylic acids is 1. The molecule has 2 unspecified atom stereocenters. The van der Waals surface area contributed by atoms with Crippen LogP contribution >= 0.6 is 34.9 Å². The van der Waals surface area contributed by atoms with Gasteiger partial charge in [-0.05, 0) is 13.8 Å². The van der Waals surface area contributed by atoms with Gasteiger partial charge in [0.1, 0.15) is 16.8 Å². The summed E-state index contributed by atoms with van der Waals surface area (Å²) in [5, 5.41) is 9.70. The number of amides is 1. The van der Waals surface area contributed by atoms with Crippen LogP contribution in [0.1, 0.15) is 20.4 Å². The third-order valence-corrected chi connectivity index (χ3v) is 8.28. The van der Waals surface area contributed by atoms with Crippen molar-refractivity contribution in [1.82, 2.24) is 9.88 Å². The molecular formula is C14H17N3O4S3. The smallest absolute Gasteiger partial charge is 0.313 e. The van der Waals surface area contributed by atoms with Gasteiger partial charge in [-0.1, -0.05) is 11.8 Å². The van der Waals surface area contributed by atoms with Gasteiger partial charge in [-0.2, -0.15) is 0 Å². The SMILES string of the molecule is Cc1nc(C(=O)SCC2(C(=O)O)CS[C@@H]3C(N)C(=O)N3C2)sc1C. The summed E-state index contributed by atoms with van der Waals surface area (Å²) in [7, 11) is 0. The fraction of sp³-hybridized carbons (Fsp3) is 0.571. The van der Waals surface area contributed by atoms with Crippen LogP contribution in [0.2, 0.25) is 0 Å². The molecule has 2 aliphatic rings. The van der Waals surface area contributed by atoms with Crippen molar-refractivity contribution >= 4 is 51.9 Å². The third kappa shape index (κ3) is 2.85. The number of nitrogens with two attached hydrogens (primary N) is 1. The minimum absolute atomic E-state index is 0.0999. The first-order valence-corrected chi connectivity index (χ1v) is 10.1. The summed E-state index contributed by atoms with van der Waals surface area (Å²) < 4.78 is 0. The maximum Gasteiger partial charge on any atom is 0.313 e. The van der Waals surface area contributed by atoms with Gasteiger partial charge in [-0.25, -0.2) is 4.98 Å². The minimum atomic E-state index is -1.14. The van der Waals surface area contributed by atoms with Crippen molar-refractivity contribution in [2.75, 3.05) is 18.1 Å². The summed E-state index contributed by atoms with van der Waals surface area (Å²) in [4.78, 5) is 42.7. The Bertz CT molecular complexity index is 703. The van der Waals surface area contributed by atoms with E-state index in [1.165, 1.54) is 28.0 Å². The maximum absolute atomic E-state index is 12.3. The lowest BCUT2D eigenvalue weighted by Crippen LogP contribution is -2.72. The Balaban J connectivity index is 1.70. The van der Waals surface area contributed by atoms with Gasteiger partial charge in [0.15, 0.2) is 5.01 Å². The Morgan fingerprint density at radius 3 is 2.79 bits per heavy atom. The number of fused-ring (bicyclic) bond motifs is 1. The summed E-state index contributed by atoms with van der Waals surface area (Å²) in [6.07, 6.45) is 0. The number of hydrogen-bond acceptors (Lipinski definition) is 8. The number of nitrogens with zero attached hydrogens (tertiary/aromatic N) is 2. The maximum atomic E-state index is 12.3. The van der Waals surface area contributed by atoms with Crippen LogP contribution in [0.3, 0.4) is 0 Å². The average Bonchev–Trinajstić information content (AvgIpc) is 2.90. The second kappa shape index (κ2) is 6.32. The lowest BCUT2D eigenvalue weighted by Gasteiger charge is -2.52. The highest BCUT2D eigenvalue weighted by Gasteiger charge is 2.55. The molecule has 0 aromatic carbocycles. The number of rotatable bonds is 4. The summed E-state index contributed by atoms with van der Waals surface area (Å²) in [6, 6.07) is -0.544. The van der Waals surface area contributed by atoms with E-state index in [9.17, 15) is 19.5 Å². The molecule has 0 aliphatic carbocycles. The lowest BCUT2D eigenvalue weighted by atomic mass is 9.89. The van der Waals surface area contributed by atoms with Crippen molar-refractivity contribution in [3.8, 4) is 0 Å². The number of carbonyl (C=O) groups excluding carboxylic acids is 2. The van der Waals surface area contributed by atoms with Gasteiger partial charge in [-0.15, -0.1) is 23.1 Å². The molecule has 0 spiro atoms. The van der Waals surface area contributed by atoms with E-state index in [1.807, 2.05) is 13.8 Å². The second-order valence-corrected chi connectivity index (χ2v) is 9.27. The quantitative estimate of drug-likeness (QED) is 0.734. The van der Waals surface area contributed by atoms with E-state index in [0.717, 1.165) is 22.3 Å². The lowest BCUT2D eigenvalue weighted by molar-refractivity contribution is -0.155. The minimum Gasteiger partial charge on any atom is -0.481 e. The molecule has 3 atom stereocenters. The van der Waals surface area contributed by atoms with Crippen LogP contribution in [0, 0.1) is 19.3 Å². The van der Waals surface area contributed by atoms with Crippen LogP contribution in [0.15, 0.2) is 0 Å². The van der Waals surface area contributed by atoms with Crippen LogP contribution in [0.25, 0.3) is 0 Å². The van der Waals surface area contributed by atoms with Crippen molar-refractivity contribution in [1.29, 1.82) is 0 Å². The van der Waals surface area contributed by atoms with E-state index in [0.29, 0.717) is 10.8 Å². The van der Waals surface area contributed by atoms with E-state index in [1.54, 1.807) is 0 Å². The molecule has 0 radical (unpaired) electrons. The van der Waals surface area contributed by atoms with Gasteiger partial charge in [-0.3, -0.25) is 14.4 Å². The molecule has 24 heavy (non-hydrogen) atoms. The third-order valence-electron chi connectivity index (χ3n) is 4.32. The number of β-lactam (4-membered cyclic amide) rings is 1. The molecule has 7 nitrogen and oxygen atoms in total. The Hall–Kier alpha value is -1.10. The summed E-state index contributed by atoms with van der Waals surface area (Å²) in [5.74, 6) is -0.771. The molecule has 3 N–H and O–H groups in total. The van der Waals surface area contributed by atoms with E-state index in [2.05, 4.69) is 4.98 Å². The van der Waals surface area contributed by atoms with Crippen molar-refractivity contribution in [3.05, 3.63) is 15.6 Å². The topological polar surface area (TPSA) is 114 Å². The van der Waals surface area contributed by atoms with E-state index in [4.69, 9.17) is 5.73 Å². The molecule has 1 aromatic rings. The fourth-order valence-corrected chi connectivity index (χ4v) is 6.19. The molecule has 1 amide bonds. The van der Waals surface area contributed by atoms with E-state index >= 15 is 0 Å². The highest BCUT2D eigenvalue weighted by atomic mass is 32.2. The molecule has 1 aromatic heterocycles. The van der Waals surface area contributed by atoms with Crippen molar-refractivity contribution < 1.29 is 19.5 Å². The molecule has 2 saturated heterocycles. The fourth-order valence-electron chi connectivity index (χ4n) is 2.63. The van der Waals surface area contributed by atoms with Crippen molar-refractivity contribution in [3.63, 3.8) is 0 Å². The Labute approximate surface area is 151 Å². The first-order chi connectivity index (χ1) is 11.2. The van der Waals surface area contributed by atoms with Crippen LogP contribution in [-0.2, 0) is 9.59 Å². The van der Waals surface area contributed by atoms with Gasteiger partial charge >= 0.3 is 5.97 Å². The summed E-state index contributed by atoms with van der Waals surface area (Å²) >= 11 is 3.65. The molecule has 2 aliphatic heterocycles. The highest BCUT2D eigenvalue weighted by molar-refractivity contribution is 8.14. The zero-order chi connectivity index (χ0) is 17.6. The molecule has 130 valence electrons. The first-order valence-electron chi connectivity index (χ1n) is 7.27. The Kier molecular flexibility index (Phi) is 4.67. The standard InChI is InChI=1S/C14H17N3O4S3/c1-6-7(2)24-9(16-6)12(19)23-5-14(13(20)21)3-17-10(18)8(15)11(17)22-4-14/h8,11H,3-5,15H2,1-2H3,(H,20,21)/t8?,11-,14?/m1/s1. The molecule has 10 heteroatoms. The Morgan fingerprint density at radius 2 is 2.21 bits per heavy atom. The molecule has 0 saturated carbocycles. The largest absolute Gasteiger partial charge is 0.481 e. The van der Waals surface area contributed by atoms with Gasteiger partial charge in [0.2, 0.25) is 11.0 Å². The predicted octanol–water partition coefficient (Wildman–Crippen LogP) is 0.947. The number of carboxylic acid groups (broad SMARTS) is 1. The van der Waals surface area contributed by atoms with E-state index < -0.39 is 17.4 Å². The average molecular weight is 388 g/mol. The molecule has 2 fully saturated rings. The van der Waals surface area contributed by atoms with Crippen LogP contribution in [0.4, 0.5) is 0 Å². The molecule has 3 heterocycles.